The Hall–Kier alpha value is -1.26. The van der Waals surface area contributed by atoms with Crippen molar-refractivity contribution in [3.63, 3.8) is 0 Å². The summed E-state index contributed by atoms with van der Waals surface area (Å²) < 4.78 is 0. The van der Waals surface area contributed by atoms with E-state index in [0.29, 0.717) is 30.0 Å². The first-order valence-corrected chi connectivity index (χ1v) is 12.1. The highest BCUT2D eigenvalue weighted by Crippen LogP contribution is 2.66. The number of carbonyl (C=O) groups is 1. The SMILES string of the molecule is C[C@]12CC[C@H]3[C@@H](CCC4=C(Sc5ccc(N)cc5)C(=O)CC[C@@]43C)[C@@H]1CC[C@@H]2O. The Labute approximate surface area is 178 Å². The van der Waals surface area contributed by atoms with Gasteiger partial charge >= 0.3 is 0 Å². The van der Waals surface area contributed by atoms with E-state index >= 15 is 0 Å². The van der Waals surface area contributed by atoms with Gasteiger partial charge in [-0.3, -0.25) is 4.79 Å². The Morgan fingerprint density at radius 1 is 1.00 bits per heavy atom. The summed E-state index contributed by atoms with van der Waals surface area (Å²) in [6, 6.07) is 7.91. The van der Waals surface area contributed by atoms with Crippen LogP contribution >= 0.6 is 11.8 Å². The Morgan fingerprint density at radius 3 is 2.52 bits per heavy atom. The minimum atomic E-state index is -0.122. The molecule has 0 radical (unpaired) electrons. The van der Waals surface area contributed by atoms with Crippen LogP contribution in [0.4, 0.5) is 5.69 Å². The number of Topliss-reactive ketones (excluding diaryl/α,β-unsaturated/α-hetero) is 1. The second-order valence-electron chi connectivity index (χ2n) is 10.4. The number of nitrogens with two attached hydrogens (primary N) is 1. The molecular formula is C25H33NO2S. The number of thioether (sulfide) groups is 1. The molecule has 6 atom stereocenters. The number of benzene rings is 1. The molecule has 5 rings (SSSR count). The van der Waals surface area contributed by atoms with Crippen molar-refractivity contribution < 1.29 is 9.90 Å². The van der Waals surface area contributed by atoms with Gasteiger partial charge in [0.15, 0.2) is 5.78 Å². The van der Waals surface area contributed by atoms with Crippen LogP contribution in [0.25, 0.3) is 0 Å². The summed E-state index contributed by atoms with van der Waals surface area (Å²) in [5.41, 5.74) is 8.29. The molecule has 3 fully saturated rings. The average Bonchev–Trinajstić information content (AvgIpc) is 3.01. The molecule has 0 spiro atoms. The molecule has 3 nitrogen and oxygen atoms in total. The quantitative estimate of drug-likeness (QED) is 0.624. The minimum absolute atomic E-state index is 0.116. The lowest BCUT2D eigenvalue weighted by atomic mass is 9.47. The van der Waals surface area contributed by atoms with E-state index in [1.807, 2.05) is 24.3 Å². The van der Waals surface area contributed by atoms with Gasteiger partial charge in [0, 0.05) is 17.0 Å². The fraction of sp³-hybridized carbons (Fsp3) is 0.640. The number of aliphatic hydroxyl groups excluding tert-OH is 1. The van der Waals surface area contributed by atoms with Crippen molar-refractivity contribution in [2.75, 3.05) is 5.73 Å². The zero-order valence-corrected chi connectivity index (χ0v) is 18.4. The maximum Gasteiger partial charge on any atom is 0.169 e. The highest BCUT2D eigenvalue weighted by Gasteiger charge is 2.59. The van der Waals surface area contributed by atoms with Crippen molar-refractivity contribution in [3.8, 4) is 0 Å². The van der Waals surface area contributed by atoms with Crippen LogP contribution in [0, 0.1) is 28.6 Å². The third kappa shape index (κ3) is 2.93. The lowest BCUT2D eigenvalue weighted by Gasteiger charge is -2.58. The monoisotopic (exact) mass is 411 g/mol. The molecule has 0 bridgehead atoms. The number of anilines is 1. The molecule has 4 aliphatic carbocycles. The van der Waals surface area contributed by atoms with E-state index in [1.165, 1.54) is 24.8 Å². The predicted molar refractivity (Wildman–Crippen MR) is 118 cm³/mol. The lowest BCUT2D eigenvalue weighted by Crippen LogP contribution is -2.51. The number of allylic oxidation sites excluding steroid dienone is 1. The summed E-state index contributed by atoms with van der Waals surface area (Å²) in [5, 5.41) is 10.7. The molecule has 0 unspecified atom stereocenters. The lowest BCUT2D eigenvalue weighted by molar-refractivity contribution is -0.118. The zero-order valence-electron chi connectivity index (χ0n) is 17.6. The summed E-state index contributed by atoms with van der Waals surface area (Å²) >= 11 is 1.66. The van der Waals surface area contributed by atoms with E-state index in [9.17, 15) is 9.90 Å². The van der Waals surface area contributed by atoms with E-state index in [2.05, 4.69) is 13.8 Å². The molecule has 0 heterocycles. The summed E-state index contributed by atoms with van der Waals surface area (Å²) in [7, 11) is 0. The van der Waals surface area contributed by atoms with E-state index in [-0.39, 0.29) is 16.9 Å². The van der Waals surface area contributed by atoms with Crippen LogP contribution in [0.1, 0.15) is 65.2 Å². The van der Waals surface area contributed by atoms with Crippen LogP contribution in [0.2, 0.25) is 0 Å². The Kier molecular flexibility index (Phi) is 4.67. The Balaban J connectivity index is 1.49. The second-order valence-corrected chi connectivity index (χ2v) is 11.5. The van der Waals surface area contributed by atoms with Gasteiger partial charge in [0.25, 0.3) is 0 Å². The first-order valence-electron chi connectivity index (χ1n) is 11.3. The summed E-state index contributed by atoms with van der Waals surface area (Å²) in [6.45, 7) is 4.79. The number of hydrogen-bond donors (Lipinski definition) is 2. The average molecular weight is 412 g/mol. The zero-order chi connectivity index (χ0) is 20.4. The third-order valence-electron chi connectivity index (χ3n) is 9.12. The fourth-order valence-corrected chi connectivity index (χ4v) is 8.59. The Morgan fingerprint density at radius 2 is 1.76 bits per heavy atom. The smallest absolute Gasteiger partial charge is 0.169 e. The molecule has 1 aromatic carbocycles. The molecule has 29 heavy (non-hydrogen) atoms. The third-order valence-corrected chi connectivity index (χ3v) is 10.3. The molecule has 4 heteroatoms. The van der Waals surface area contributed by atoms with Crippen LogP contribution in [-0.4, -0.2) is 17.0 Å². The van der Waals surface area contributed by atoms with Gasteiger partial charge in [0.2, 0.25) is 0 Å². The molecule has 156 valence electrons. The van der Waals surface area contributed by atoms with Crippen LogP contribution in [0.3, 0.4) is 0 Å². The number of rotatable bonds is 2. The normalized spacial score (nSPS) is 41.7. The highest BCUT2D eigenvalue weighted by molar-refractivity contribution is 8.04. The highest BCUT2D eigenvalue weighted by atomic mass is 32.2. The largest absolute Gasteiger partial charge is 0.399 e. The molecular weight excluding hydrogens is 378 g/mol. The van der Waals surface area contributed by atoms with E-state index in [0.717, 1.165) is 41.2 Å². The number of fused-ring (bicyclic) bond motifs is 5. The fourth-order valence-electron chi connectivity index (χ4n) is 7.41. The van der Waals surface area contributed by atoms with Crippen molar-refractivity contribution in [1.82, 2.24) is 0 Å². The molecule has 3 saturated carbocycles. The van der Waals surface area contributed by atoms with Gasteiger partial charge in [-0.25, -0.2) is 0 Å². The van der Waals surface area contributed by atoms with Gasteiger partial charge in [-0.1, -0.05) is 25.6 Å². The molecule has 1 aromatic rings. The van der Waals surface area contributed by atoms with Crippen LogP contribution in [0.15, 0.2) is 39.6 Å². The summed E-state index contributed by atoms with van der Waals surface area (Å²) in [6.07, 6.45) is 8.26. The van der Waals surface area contributed by atoms with Crippen molar-refractivity contribution in [2.45, 2.75) is 76.2 Å². The first kappa shape index (κ1) is 19.7. The van der Waals surface area contributed by atoms with E-state index < -0.39 is 0 Å². The standard InChI is InChI=1S/C25H33NO2S/c1-24-14-12-21(27)23(29-16-5-3-15(26)4-6-16)20(24)8-7-17-18-9-10-22(28)25(18,2)13-11-19(17)24/h3-6,17-19,22,28H,7-14,26H2,1-2H3/t17-,18-,19-,22-,24+,25-/m0/s1. The maximum atomic E-state index is 13.0. The van der Waals surface area contributed by atoms with E-state index in [1.54, 1.807) is 11.8 Å². The first-order chi connectivity index (χ1) is 13.8. The Bertz CT molecular complexity index is 862. The molecule has 0 aliphatic heterocycles. The van der Waals surface area contributed by atoms with Crippen molar-refractivity contribution >= 4 is 23.2 Å². The van der Waals surface area contributed by atoms with Gasteiger partial charge in [-0.05, 0) is 103 Å². The van der Waals surface area contributed by atoms with Crippen LogP contribution in [-0.2, 0) is 4.79 Å². The predicted octanol–water partition coefficient (Wildman–Crippen LogP) is 5.58. The minimum Gasteiger partial charge on any atom is -0.399 e. The number of aliphatic hydroxyl groups is 1. The number of hydrogen-bond acceptors (Lipinski definition) is 4. The molecule has 4 aliphatic rings. The summed E-state index contributed by atoms with van der Waals surface area (Å²) in [4.78, 5) is 15.1. The molecule has 0 saturated heterocycles. The topological polar surface area (TPSA) is 63.3 Å². The van der Waals surface area contributed by atoms with Crippen molar-refractivity contribution in [2.24, 2.45) is 28.6 Å². The molecule has 0 amide bonds. The maximum absolute atomic E-state index is 13.0. The number of nitrogen functional groups attached to an aromatic ring is 1. The second kappa shape index (κ2) is 6.88. The number of carbonyl (C=O) groups excluding carboxylic acids is 1. The van der Waals surface area contributed by atoms with Gasteiger partial charge in [0.1, 0.15) is 0 Å². The number of ketones is 1. The van der Waals surface area contributed by atoms with Crippen molar-refractivity contribution in [3.05, 3.63) is 34.7 Å². The molecule has 0 aromatic heterocycles. The van der Waals surface area contributed by atoms with Gasteiger partial charge in [0.05, 0.1) is 11.0 Å². The summed E-state index contributed by atoms with van der Waals surface area (Å²) in [5.74, 6) is 2.34. The van der Waals surface area contributed by atoms with Gasteiger partial charge < -0.3 is 10.8 Å². The van der Waals surface area contributed by atoms with Crippen LogP contribution < -0.4 is 5.73 Å². The molecule has 3 N–H and O–H groups in total. The van der Waals surface area contributed by atoms with Gasteiger partial charge in [-0.15, -0.1) is 0 Å². The van der Waals surface area contributed by atoms with Gasteiger partial charge in [-0.2, -0.15) is 0 Å². The van der Waals surface area contributed by atoms with Crippen LogP contribution in [0.5, 0.6) is 0 Å². The van der Waals surface area contributed by atoms with Crippen molar-refractivity contribution in [1.29, 1.82) is 0 Å². The van der Waals surface area contributed by atoms with E-state index in [4.69, 9.17) is 5.73 Å².